The van der Waals surface area contributed by atoms with Gasteiger partial charge in [0, 0.05) is 32.7 Å². The van der Waals surface area contributed by atoms with Gasteiger partial charge in [-0.15, -0.1) is 0 Å². The van der Waals surface area contributed by atoms with Gasteiger partial charge in [-0.2, -0.15) is 0 Å². The molecule has 0 saturated heterocycles. The average Bonchev–Trinajstić information content (AvgIpc) is 2.76. The number of nitrogens with zero attached hydrogens (tertiary/aromatic N) is 2. The van der Waals surface area contributed by atoms with E-state index in [-0.39, 0.29) is 0 Å². The zero-order chi connectivity index (χ0) is 10.9. The molecule has 0 unspecified atom stereocenters. The first-order chi connectivity index (χ1) is 7.36. The summed E-state index contributed by atoms with van der Waals surface area (Å²) in [6, 6.07) is 0. The molecule has 0 aliphatic heterocycles. The fourth-order valence-electron chi connectivity index (χ4n) is 1.82. The van der Waals surface area contributed by atoms with Crippen molar-refractivity contribution in [3.8, 4) is 0 Å². The number of aryl methyl sites for hydroxylation is 1. The van der Waals surface area contributed by atoms with Crippen molar-refractivity contribution in [1.82, 2.24) is 9.55 Å². The minimum absolute atomic E-state index is 0.813. The number of aromatic nitrogens is 2. The Kier molecular flexibility index (Phi) is 6.09. The molecular formula is C12H22N2O. The lowest BCUT2D eigenvalue weighted by atomic mass is 9.97. The van der Waals surface area contributed by atoms with Gasteiger partial charge < -0.3 is 9.30 Å². The van der Waals surface area contributed by atoms with E-state index in [0.717, 1.165) is 19.1 Å². The molecule has 0 aliphatic carbocycles. The van der Waals surface area contributed by atoms with Crippen molar-refractivity contribution in [2.45, 2.75) is 39.2 Å². The molecule has 1 aromatic rings. The van der Waals surface area contributed by atoms with Crippen LogP contribution in [0.3, 0.4) is 0 Å². The number of methoxy groups -OCH3 is 1. The summed E-state index contributed by atoms with van der Waals surface area (Å²) >= 11 is 0. The van der Waals surface area contributed by atoms with E-state index in [1.54, 1.807) is 7.11 Å². The largest absolute Gasteiger partial charge is 0.385 e. The van der Waals surface area contributed by atoms with Crippen LogP contribution in [0.4, 0.5) is 0 Å². The monoisotopic (exact) mass is 210 g/mol. The highest BCUT2D eigenvalue weighted by Crippen LogP contribution is 2.15. The van der Waals surface area contributed by atoms with Crippen molar-refractivity contribution in [2.75, 3.05) is 13.7 Å². The van der Waals surface area contributed by atoms with E-state index in [9.17, 15) is 0 Å². The molecule has 0 fully saturated rings. The van der Waals surface area contributed by atoms with Gasteiger partial charge in [0.05, 0.1) is 6.33 Å². The van der Waals surface area contributed by atoms with E-state index in [1.807, 2.05) is 18.7 Å². The van der Waals surface area contributed by atoms with Crippen LogP contribution in [-0.4, -0.2) is 23.3 Å². The Bertz CT molecular complexity index is 234. The van der Waals surface area contributed by atoms with Gasteiger partial charge in [0.1, 0.15) is 0 Å². The topological polar surface area (TPSA) is 27.1 Å². The molecule has 1 heterocycles. The second kappa shape index (κ2) is 7.46. The van der Waals surface area contributed by atoms with Gasteiger partial charge in [0.2, 0.25) is 0 Å². The van der Waals surface area contributed by atoms with Crippen molar-refractivity contribution in [3.05, 3.63) is 18.7 Å². The van der Waals surface area contributed by atoms with Gasteiger partial charge in [0.25, 0.3) is 0 Å². The summed E-state index contributed by atoms with van der Waals surface area (Å²) in [7, 11) is 1.78. The molecule has 0 N–H and O–H groups in total. The molecule has 1 aromatic heterocycles. The molecule has 0 aromatic carbocycles. The third-order valence-corrected chi connectivity index (χ3v) is 2.90. The van der Waals surface area contributed by atoms with E-state index < -0.39 is 0 Å². The van der Waals surface area contributed by atoms with Crippen LogP contribution in [0.2, 0.25) is 0 Å². The van der Waals surface area contributed by atoms with Crippen LogP contribution in [0, 0.1) is 5.92 Å². The average molecular weight is 210 g/mol. The second-order valence-corrected chi connectivity index (χ2v) is 4.00. The summed E-state index contributed by atoms with van der Waals surface area (Å²) in [5, 5.41) is 0. The normalized spacial score (nSPS) is 12.9. The van der Waals surface area contributed by atoms with Gasteiger partial charge in [-0.1, -0.05) is 13.3 Å². The zero-order valence-corrected chi connectivity index (χ0v) is 9.85. The molecule has 15 heavy (non-hydrogen) atoms. The van der Waals surface area contributed by atoms with Crippen LogP contribution < -0.4 is 0 Å². The highest BCUT2D eigenvalue weighted by Gasteiger charge is 2.05. The van der Waals surface area contributed by atoms with Crippen molar-refractivity contribution >= 4 is 0 Å². The predicted octanol–water partition coefficient (Wildman–Crippen LogP) is 2.73. The standard InChI is InChI=1S/C12H22N2O/c1-3-12(6-10-15-2)5-4-8-14-9-7-13-11-14/h7,9,11-12H,3-6,8,10H2,1-2H3/t12-/m0/s1. The van der Waals surface area contributed by atoms with Gasteiger partial charge in [-0.05, 0) is 25.2 Å². The summed E-state index contributed by atoms with van der Waals surface area (Å²) in [5.74, 6) is 0.813. The fourth-order valence-corrected chi connectivity index (χ4v) is 1.82. The minimum Gasteiger partial charge on any atom is -0.385 e. The number of imidazole rings is 1. The van der Waals surface area contributed by atoms with Crippen LogP contribution in [0.5, 0.6) is 0 Å². The highest BCUT2D eigenvalue weighted by molar-refractivity contribution is 4.73. The van der Waals surface area contributed by atoms with Crippen LogP contribution >= 0.6 is 0 Å². The molecule has 86 valence electrons. The zero-order valence-electron chi connectivity index (χ0n) is 9.85. The highest BCUT2D eigenvalue weighted by atomic mass is 16.5. The van der Waals surface area contributed by atoms with Crippen LogP contribution in [0.15, 0.2) is 18.7 Å². The van der Waals surface area contributed by atoms with Crippen molar-refractivity contribution in [3.63, 3.8) is 0 Å². The van der Waals surface area contributed by atoms with Crippen LogP contribution in [-0.2, 0) is 11.3 Å². The fraction of sp³-hybridized carbons (Fsp3) is 0.750. The van der Waals surface area contributed by atoms with Crippen molar-refractivity contribution in [1.29, 1.82) is 0 Å². The number of ether oxygens (including phenoxy) is 1. The molecule has 0 aliphatic rings. The maximum Gasteiger partial charge on any atom is 0.0945 e. The molecule has 3 nitrogen and oxygen atoms in total. The predicted molar refractivity (Wildman–Crippen MR) is 61.7 cm³/mol. The molecule has 1 rings (SSSR count). The van der Waals surface area contributed by atoms with Gasteiger partial charge in [-0.25, -0.2) is 4.98 Å². The Labute approximate surface area is 92.5 Å². The molecule has 0 saturated carbocycles. The molecule has 0 radical (unpaired) electrons. The smallest absolute Gasteiger partial charge is 0.0945 e. The van der Waals surface area contributed by atoms with Gasteiger partial charge >= 0.3 is 0 Å². The molecule has 0 bridgehead atoms. The molecule has 3 heteroatoms. The lowest BCUT2D eigenvalue weighted by molar-refractivity contribution is 0.173. The van der Waals surface area contributed by atoms with Crippen LogP contribution in [0.25, 0.3) is 0 Å². The maximum absolute atomic E-state index is 5.11. The Morgan fingerprint density at radius 3 is 2.87 bits per heavy atom. The van der Waals surface area contributed by atoms with Gasteiger partial charge in [-0.3, -0.25) is 0 Å². The van der Waals surface area contributed by atoms with E-state index in [2.05, 4.69) is 16.5 Å². The third-order valence-electron chi connectivity index (χ3n) is 2.90. The number of hydrogen-bond acceptors (Lipinski definition) is 2. The lowest BCUT2D eigenvalue weighted by Crippen LogP contribution is -2.05. The Balaban J connectivity index is 2.11. The van der Waals surface area contributed by atoms with Gasteiger partial charge in [0.15, 0.2) is 0 Å². The molecular weight excluding hydrogens is 188 g/mol. The first kappa shape index (κ1) is 12.2. The van der Waals surface area contributed by atoms with E-state index in [0.29, 0.717) is 0 Å². The Hall–Kier alpha value is -0.830. The quantitative estimate of drug-likeness (QED) is 0.659. The molecule has 1 atom stereocenters. The van der Waals surface area contributed by atoms with E-state index >= 15 is 0 Å². The lowest BCUT2D eigenvalue weighted by Gasteiger charge is -2.13. The summed E-state index contributed by atoms with van der Waals surface area (Å²) in [6.45, 7) is 4.24. The molecule has 0 spiro atoms. The van der Waals surface area contributed by atoms with E-state index in [4.69, 9.17) is 4.74 Å². The minimum atomic E-state index is 0.813. The summed E-state index contributed by atoms with van der Waals surface area (Å²) in [6.07, 6.45) is 10.7. The summed E-state index contributed by atoms with van der Waals surface area (Å²) in [5.41, 5.74) is 0. The van der Waals surface area contributed by atoms with Crippen molar-refractivity contribution < 1.29 is 4.74 Å². The summed E-state index contributed by atoms with van der Waals surface area (Å²) < 4.78 is 7.25. The number of hydrogen-bond donors (Lipinski definition) is 0. The first-order valence-corrected chi connectivity index (χ1v) is 5.81. The maximum atomic E-state index is 5.11. The van der Waals surface area contributed by atoms with Crippen molar-refractivity contribution in [2.24, 2.45) is 5.92 Å². The Morgan fingerprint density at radius 1 is 1.40 bits per heavy atom. The van der Waals surface area contributed by atoms with E-state index in [1.165, 1.54) is 25.7 Å². The first-order valence-electron chi connectivity index (χ1n) is 5.81. The molecule has 0 amide bonds. The van der Waals surface area contributed by atoms with Crippen LogP contribution in [0.1, 0.15) is 32.6 Å². The summed E-state index contributed by atoms with van der Waals surface area (Å²) in [4.78, 5) is 4.03. The third kappa shape index (κ3) is 4.98. The Morgan fingerprint density at radius 2 is 2.27 bits per heavy atom. The number of rotatable bonds is 8. The second-order valence-electron chi connectivity index (χ2n) is 4.00. The SMILES string of the molecule is CC[C@@H](CCCn1ccnc1)CCOC.